The first-order valence-corrected chi connectivity index (χ1v) is 8.00. The second-order valence-corrected chi connectivity index (χ2v) is 5.90. The number of fused-ring (bicyclic) bond motifs is 1. The smallest absolute Gasteiger partial charge is 0.328 e. The number of esters is 1. The van der Waals surface area contributed by atoms with Gasteiger partial charge in [-0.25, -0.2) is 9.78 Å². The lowest BCUT2D eigenvalue weighted by molar-refractivity contribution is -0.146. The van der Waals surface area contributed by atoms with Crippen molar-refractivity contribution in [1.29, 1.82) is 0 Å². The highest BCUT2D eigenvalue weighted by molar-refractivity contribution is 5.75. The summed E-state index contributed by atoms with van der Waals surface area (Å²) in [4.78, 5) is 28.8. The molecule has 2 aromatic heterocycles. The lowest BCUT2D eigenvalue weighted by atomic mass is 10.1. The molecule has 130 valence electrons. The predicted octanol–water partition coefficient (Wildman–Crippen LogP) is 1.72. The van der Waals surface area contributed by atoms with E-state index in [9.17, 15) is 9.59 Å². The molecule has 0 saturated heterocycles. The van der Waals surface area contributed by atoms with Crippen molar-refractivity contribution < 1.29 is 9.53 Å². The quantitative estimate of drug-likeness (QED) is 0.671. The Hall–Kier alpha value is -3.03. The van der Waals surface area contributed by atoms with Crippen molar-refractivity contribution >= 4 is 17.1 Å². The monoisotopic (exact) mass is 341 g/mol. The molecule has 0 aliphatic carbocycles. The molecule has 0 N–H and O–H groups in total. The van der Waals surface area contributed by atoms with Gasteiger partial charge in [0.15, 0.2) is 11.2 Å². The molecule has 0 aliphatic heterocycles. The summed E-state index contributed by atoms with van der Waals surface area (Å²) in [5.41, 5.74) is 2.95. The maximum absolute atomic E-state index is 12.7. The third kappa shape index (κ3) is 3.02. The van der Waals surface area contributed by atoms with Gasteiger partial charge >= 0.3 is 5.97 Å². The average Bonchev–Trinajstić information content (AvgIpc) is 2.99. The zero-order chi connectivity index (χ0) is 18.1. The van der Waals surface area contributed by atoms with Crippen LogP contribution >= 0.6 is 0 Å². The Kier molecular flexibility index (Phi) is 4.35. The summed E-state index contributed by atoms with van der Waals surface area (Å²) < 4.78 is 7.69. The molecular formula is C17H19N5O3. The van der Waals surface area contributed by atoms with Gasteiger partial charge in [0.25, 0.3) is 5.56 Å². The minimum Gasteiger partial charge on any atom is -0.464 e. The van der Waals surface area contributed by atoms with Crippen LogP contribution in [0.4, 0.5) is 0 Å². The summed E-state index contributed by atoms with van der Waals surface area (Å²) >= 11 is 0. The molecule has 0 unspecified atom stereocenters. The van der Waals surface area contributed by atoms with Gasteiger partial charge in [-0.15, -0.1) is 5.10 Å². The number of hydrogen-bond acceptors (Lipinski definition) is 6. The molecule has 0 spiro atoms. The summed E-state index contributed by atoms with van der Waals surface area (Å²) in [5.74, 6) is -0.493. The first-order valence-electron chi connectivity index (χ1n) is 8.00. The molecule has 0 bridgehead atoms. The minimum atomic E-state index is -0.782. The summed E-state index contributed by atoms with van der Waals surface area (Å²) in [6.07, 6.45) is 1.33. The summed E-state index contributed by atoms with van der Waals surface area (Å²) in [6, 6.07) is 5.14. The molecule has 2 heterocycles. The van der Waals surface area contributed by atoms with Gasteiger partial charge in [-0.05, 0) is 51.0 Å². The molecule has 25 heavy (non-hydrogen) atoms. The van der Waals surface area contributed by atoms with E-state index in [2.05, 4.69) is 15.3 Å². The SMILES string of the molecule is CCOC(=O)[C@H](C)n1cnc2c(nnn2-c2cc(C)cc(C)c2)c1=O. The van der Waals surface area contributed by atoms with E-state index >= 15 is 0 Å². The van der Waals surface area contributed by atoms with Crippen LogP contribution in [0.15, 0.2) is 29.3 Å². The summed E-state index contributed by atoms with van der Waals surface area (Å²) in [6.45, 7) is 7.51. The number of aromatic nitrogens is 5. The molecule has 0 amide bonds. The van der Waals surface area contributed by atoms with E-state index in [1.807, 2.05) is 32.0 Å². The molecule has 3 aromatic rings. The van der Waals surface area contributed by atoms with Crippen molar-refractivity contribution in [3.05, 3.63) is 46.0 Å². The van der Waals surface area contributed by atoms with Crippen molar-refractivity contribution in [2.75, 3.05) is 6.61 Å². The highest BCUT2D eigenvalue weighted by Crippen LogP contribution is 2.16. The van der Waals surface area contributed by atoms with E-state index in [1.165, 1.54) is 15.6 Å². The average molecular weight is 341 g/mol. The Morgan fingerprint density at radius 2 is 1.92 bits per heavy atom. The van der Waals surface area contributed by atoms with Crippen molar-refractivity contribution in [2.24, 2.45) is 0 Å². The number of nitrogens with zero attached hydrogens (tertiary/aromatic N) is 5. The van der Waals surface area contributed by atoms with Crippen LogP contribution < -0.4 is 5.56 Å². The molecule has 1 aromatic carbocycles. The van der Waals surface area contributed by atoms with Gasteiger partial charge in [0.2, 0.25) is 0 Å². The number of rotatable bonds is 4. The molecule has 0 aliphatic rings. The van der Waals surface area contributed by atoms with E-state index in [0.717, 1.165) is 16.8 Å². The Morgan fingerprint density at radius 3 is 2.56 bits per heavy atom. The molecule has 1 atom stereocenters. The highest BCUT2D eigenvalue weighted by atomic mass is 16.5. The van der Waals surface area contributed by atoms with E-state index < -0.39 is 17.6 Å². The fraction of sp³-hybridized carbons (Fsp3) is 0.353. The molecule has 3 rings (SSSR count). The zero-order valence-electron chi connectivity index (χ0n) is 14.6. The largest absolute Gasteiger partial charge is 0.464 e. The Morgan fingerprint density at radius 1 is 1.24 bits per heavy atom. The van der Waals surface area contributed by atoms with Crippen LogP contribution in [0.3, 0.4) is 0 Å². The van der Waals surface area contributed by atoms with E-state index in [1.54, 1.807) is 13.8 Å². The maximum atomic E-state index is 12.7. The van der Waals surface area contributed by atoms with Crippen molar-refractivity contribution in [3.8, 4) is 5.69 Å². The number of benzene rings is 1. The van der Waals surface area contributed by atoms with Crippen LogP contribution in [0.5, 0.6) is 0 Å². The van der Waals surface area contributed by atoms with Gasteiger partial charge in [0.1, 0.15) is 12.4 Å². The van der Waals surface area contributed by atoms with Crippen molar-refractivity contribution in [1.82, 2.24) is 24.5 Å². The molecular weight excluding hydrogens is 322 g/mol. The second kappa shape index (κ2) is 6.46. The van der Waals surface area contributed by atoms with Gasteiger partial charge in [-0.2, -0.15) is 4.68 Å². The van der Waals surface area contributed by atoms with Gasteiger partial charge in [0.05, 0.1) is 12.3 Å². The standard InChI is InChI=1S/C17H19N5O3/c1-5-25-17(24)12(4)21-9-18-15-14(16(21)23)19-20-22(15)13-7-10(2)6-11(3)8-13/h6-9,12H,5H2,1-4H3/t12-/m0/s1. The molecule has 0 fully saturated rings. The Balaban J connectivity index is 2.11. The third-order valence-electron chi connectivity index (χ3n) is 3.88. The van der Waals surface area contributed by atoms with Gasteiger partial charge in [-0.3, -0.25) is 9.36 Å². The minimum absolute atomic E-state index is 0.109. The van der Waals surface area contributed by atoms with Crippen molar-refractivity contribution in [3.63, 3.8) is 0 Å². The zero-order valence-corrected chi connectivity index (χ0v) is 14.6. The molecule has 0 radical (unpaired) electrons. The first-order chi connectivity index (χ1) is 11.9. The van der Waals surface area contributed by atoms with Crippen LogP contribution in [0.2, 0.25) is 0 Å². The second-order valence-electron chi connectivity index (χ2n) is 5.90. The summed E-state index contributed by atoms with van der Waals surface area (Å²) in [7, 11) is 0. The Bertz CT molecular complexity index is 985. The van der Waals surface area contributed by atoms with Crippen LogP contribution in [-0.2, 0) is 9.53 Å². The lowest BCUT2D eigenvalue weighted by Gasteiger charge is -2.12. The topological polar surface area (TPSA) is 91.9 Å². The summed E-state index contributed by atoms with van der Waals surface area (Å²) in [5, 5.41) is 8.03. The van der Waals surface area contributed by atoms with Gasteiger partial charge in [-0.1, -0.05) is 11.3 Å². The lowest BCUT2D eigenvalue weighted by Crippen LogP contribution is -2.29. The first kappa shape index (κ1) is 16.8. The number of carbonyl (C=O) groups excluding carboxylic acids is 1. The molecule has 0 saturated carbocycles. The van der Waals surface area contributed by atoms with Crippen LogP contribution in [0.1, 0.15) is 31.0 Å². The number of aryl methyl sites for hydroxylation is 2. The van der Waals surface area contributed by atoms with E-state index in [0.29, 0.717) is 5.65 Å². The van der Waals surface area contributed by atoms with E-state index in [-0.39, 0.29) is 12.1 Å². The predicted molar refractivity (Wildman–Crippen MR) is 91.7 cm³/mol. The third-order valence-corrected chi connectivity index (χ3v) is 3.88. The van der Waals surface area contributed by atoms with Gasteiger partial charge < -0.3 is 4.74 Å². The van der Waals surface area contributed by atoms with Crippen LogP contribution in [0, 0.1) is 13.8 Å². The molecule has 8 nitrogen and oxygen atoms in total. The van der Waals surface area contributed by atoms with Crippen LogP contribution in [-0.4, -0.2) is 37.1 Å². The fourth-order valence-electron chi connectivity index (χ4n) is 2.72. The number of hydrogen-bond donors (Lipinski definition) is 0. The van der Waals surface area contributed by atoms with Gasteiger partial charge in [0, 0.05) is 0 Å². The number of carbonyl (C=O) groups is 1. The number of ether oxygens (including phenoxy) is 1. The highest BCUT2D eigenvalue weighted by Gasteiger charge is 2.21. The molecule has 8 heteroatoms. The Labute approximate surface area is 144 Å². The van der Waals surface area contributed by atoms with E-state index in [4.69, 9.17) is 4.74 Å². The normalized spacial score (nSPS) is 12.3. The fourth-order valence-corrected chi connectivity index (χ4v) is 2.72. The van der Waals surface area contributed by atoms with Crippen molar-refractivity contribution in [2.45, 2.75) is 33.7 Å². The maximum Gasteiger partial charge on any atom is 0.328 e. The van der Waals surface area contributed by atoms with Crippen LogP contribution in [0.25, 0.3) is 16.9 Å².